The van der Waals surface area contributed by atoms with Gasteiger partial charge in [0.1, 0.15) is 5.15 Å². The summed E-state index contributed by atoms with van der Waals surface area (Å²) in [6.07, 6.45) is 3.24. The Hall–Kier alpha value is -0.610. The molecule has 1 aromatic rings. The van der Waals surface area contributed by atoms with Gasteiger partial charge in [-0.05, 0) is 35.3 Å². The molecule has 3 nitrogen and oxygen atoms in total. The van der Waals surface area contributed by atoms with E-state index in [1.165, 1.54) is 6.20 Å². The van der Waals surface area contributed by atoms with Crippen LogP contribution < -0.4 is 0 Å². The molecule has 0 bridgehead atoms. The van der Waals surface area contributed by atoms with Crippen molar-refractivity contribution in [2.75, 3.05) is 0 Å². The molecule has 0 aliphatic rings. The van der Waals surface area contributed by atoms with Crippen LogP contribution in [-0.2, 0) is 4.74 Å². The van der Waals surface area contributed by atoms with Crippen LogP contribution in [0.15, 0.2) is 16.7 Å². The van der Waals surface area contributed by atoms with E-state index in [2.05, 4.69) is 20.9 Å². The van der Waals surface area contributed by atoms with Crippen LogP contribution in [0.2, 0.25) is 5.15 Å². The van der Waals surface area contributed by atoms with E-state index in [0.717, 1.165) is 12.8 Å². The third kappa shape index (κ3) is 3.76. The first-order valence-corrected chi connectivity index (χ1v) is 6.23. The summed E-state index contributed by atoms with van der Waals surface area (Å²) in [5.41, 5.74) is 0.291. The summed E-state index contributed by atoms with van der Waals surface area (Å²) in [4.78, 5) is 15.6. The number of hydrogen-bond acceptors (Lipinski definition) is 3. The first-order valence-electron chi connectivity index (χ1n) is 5.06. The second-order valence-electron chi connectivity index (χ2n) is 3.50. The molecule has 1 heterocycles. The van der Waals surface area contributed by atoms with E-state index < -0.39 is 5.97 Å². The molecule has 0 fully saturated rings. The van der Waals surface area contributed by atoms with Gasteiger partial charge in [0.2, 0.25) is 0 Å². The van der Waals surface area contributed by atoms with Gasteiger partial charge >= 0.3 is 5.97 Å². The smallest absolute Gasteiger partial charge is 0.341 e. The Kier molecular flexibility index (Phi) is 5.22. The van der Waals surface area contributed by atoms with Gasteiger partial charge in [0, 0.05) is 10.7 Å². The zero-order valence-electron chi connectivity index (χ0n) is 9.17. The minimum absolute atomic E-state index is 0.104. The van der Waals surface area contributed by atoms with Crippen LogP contribution in [0, 0.1) is 0 Å². The molecule has 0 spiro atoms. The monoisotopic (exact) mass is 305 g/mol. The standard InChI is InChI=1S/C11H13BrClNO2/c1-3-4-7(2)16-11(15)9-5-8(12)6-14-10(9)13/h5-7H,3-4H2,1-2H3. The fraction of sp³-hybridized carbons (Fsp3) is 0.455. The lowest BCUT2D eigenvalue weighted by molar-refractivity contribution is 0.0323. The maximum absolute atomic E-state index is 11.7. The van der Waals surface area contributed by atoms with Gasteiger partial charge in [0.25, 0.3) is 0 Å². The maximum Gasteiger partial charge on any atom is 0.341 e. The molecule has 5 heteroatoms. The summed E-state index contributed by atoms with van der Waals surface area (Å²) in [5.74, 6) is -0.431. The molecule has 0 saturated carbocycles. The molecule has 1 atom stereocenters. The van der Waals surface area contributed by atoms with Crippen molar-refractivity contribution < 1.29 is 9.53 Å². The molecule has 16 heavy (non-hydrogen) atoms. The number of carbonyl (C=O) groups is 1. The average Bonchev–Trinajstić information content (AvgIpc) is 2.21. The first-order chi connectivity index (χ1) is 7.54. The van der Waals surface area contributed by atoms with E-state index in [0.29, 0.717) is 10.0 Å². The van der Waals surface area contributed by atoms with Crippen LogP contribution in [-0.4, -0.2) is 17.1 Å². The third-order valence-corrected chi connectivity index (χ3v) is 2.76. The van der Waals surface area contributed by atoms with Crippen LogP contribution >= 0.6 is 27.5 Å². The molecule has 1 aromatic heterocycles. The minimum atomic E-state index is -0.431. The summed E-state index contributed by atoms with van der Waals surface area (Å²) in [7, 11) is 0. The molecule has 1 unspecified atom stereocenters. The fourth-order valence-corrected chi connectivity index (χ4v) is 1.79. The van der Waals surface area contributed by atoms with Crippen molar-refractivity contribution in [2.45, 2.75) is 32.8 Å². The summed E-state index contributed by atoms with van der Waals surface area (Å²) >= 11 is 9.05. The number of ether oxygens (including phenoxy) is 1. The average molecular weight is 307 g/mol. The van der Waals surface area contributed by atoms with E-state index >= 15 is 0 Å². The molecule has 0 saturated heterocycles. The van der Waals surface area contributed by atoms with Crippen molar-refractivity contribution >= 4 is 33.5 Å². The van der Waals surface area contributed by atoms with E-state index in [1.807, 2.05) is 13.8 Å². The van der Waals surface area contributed by atoms with E-state index in [9.17, 15) is 4.79 Å². The lowest BCUT2D eigenvalue weighted by Crippen LogP contribution is -2.15. The predicted octanol–water partition coefficient (Wildman–Crippen LogP) is 3.84. The third-order valence-electron chi connectivity index (χ3n) is 2.03. The van der Waals surface area contributed by atoms with Crippen molar-refractivity contribution in [2.24, 2.45) is 0 Å². The van der Waals surface area contributed by atoms with E-state index in [-0.39, 0.29) is 11.3 Å². The van der Waals surface area contributed by atoms with E-state index in [4.69, 9.17) is 16.3 Å². The van der Waals surface area contributed by atoms with Crippen molar-refractivity contribution in [1.82, 2.24) is 4.98 Å². The number of halogens is 2. The van der Waals surface area contributed by atoms with Crippen molar-refractivity contribution in [1.29, 1.82) is 0 Å². The molecule has 0 amide bonds. The van der Waals surface area contributed by atoms with Gasteiger partial charge in [-0.1, -0.05) is 24.9 Å². The lowest BCUT2D eigenvalue weighted by atomic mass is 10.2. The quantitative estimate of drug-likeness (QED) is 0.626. The minimum Gasteiger partial charge on any atom is -0.459 e. The highest BCUT2D eigenvalue weighted by molar-refractivity contribution is 9.10. The van der Waals surface area contributed by atoms with Crippen LogP contribution in [0.3, 0.4) is 0 Å². The molecule has 0 aromatic carbocycles. The number of hydrogen-bond donors (Lipinski definition) is 0. The number of nitrogens with zero attached hydrogens (tertiary/aromatic N) is 1. The molecule has 1 rings (SSSR count). The van der Waals surface area contributed by atoms with Crippen molar-refractivity contribution in [3.63, 3.8) is 0 Å². The number of carbonyl (C=O) groups excluding carboxylic acids is 1. The van der Waals surface area contributed by atoms with Gasteiger partial charge in [-0.2, -0.15) is 0 Å². The van der Waals surface area contributed by atoms with Crippen LogP contribution in [0.25, 0.3) is 0 Å². The normalized spacial score (nSPS) is 12.2. The Labute approximate surface area is 108 Å². The summed E-state index contributed by atoms with van der Waals surface area (Å²) in [6, 6.07) is 1.61. The van der Waals surface area contributed by atoms with Crippen LogP contribution in [0.4, 0.5) is 0 Å². The summed E-state index contributed by atoms with van der Waals surface area (Å²) in [5, 5.41) is 0.164. The van der Waals surface area contributed by atoms with Gasteiger partial charge in [-0.3, -0.25) is 0 Å². The largest absolute Gasteiger partial charge is 0.459 e. The number of aromatic nitrogens is 1. The lowest BCUT2D eigenvalue weighted by Gasteiger charge is -2.12. The van der Waals surface area contributed by atoms with Gasteiger partial charge < -0.3 is 4.74 Å². The number of rotatable bonds is 4. The highest BCUT2D eigenvalue weighted by atomic mass is 79.9. The zero-order valence-corrected chi connectivity index (χ0v) is 11.5. The van der Waals surface area contributed by atoms with E-state index in [1.54, 1.807) is 6.07 Å². The van der Waals surface area contributed by atoms with Crippen molar-refractivity contribution in [3.8, 4) is 0 Å². The maximum atomic E-state index is 11.7. The topological polar surface area (TPSA) is 39.2 Å². The second-order valence-corrected chi connectivity index (χ2v) is 4.77. The van der Waals surface area contributed by atoms with Gasteiger partial charge in [0.15, 0.2) is 0 Å². The molecular formula is C11H13BrClNO2. The van der Waals surface area contributed by atoms with Gasteiger partial charge in [-0.25, -0.2) is 9.78 Å². The molecule has 0 aliphatic carbocycles. The Morgan fingerprint density at radius 3 is 3.00 bits per heavy atom. The van der Waals surface area contributed by atoms with Crippen molar-refractivity contribution in [3.05, 3.63) is 27.5 Å². The predicted molar refractivity (Wildman–Crippen MR) is 66.7 cm³/mol. The fourth-order valence-electron chi connectivity index (χ4n) is 1.28. The molecule has 0 N–H and O–H groups in total. The summed E-state index contributed by atoms with van der Waals surface area (Å²) < 4.78 is 5.93. The van der Waals surface area contributed by atoms with Crippen LogP contribution in [0.5, 0.6) is 0 Å². The highest BCUT2D eigenvalue weighted by Crippen LogP contribution is 2.19. The number of pyridine rings is 1. The van der Waals surface area contributed by atoms with Gasteiger partial charge in [0.05, 0.1) is 11.7 Å². The number of esters is 1. The zero-order chi connectivity index (χ0) is 12.1. The Balaban J connectivity index is 2.76. The SMILES string of the molecule is CCCC(C)OC(=O)c1cc(Br)cnc1Cl. The molecular weight excluding hydrogens is 293 g/mol. The molecule has 0 radical (unpaired) electrons. The van der Waals surface area contributed by atoms with Crippen LogP contribution in [0.1, 0.15) is 37.0 Å². The Morgan fingerprint density at radius 1 is 1.69 bits per heavy atom. The first kappa shape index (κ1) is 13.5. The van der Waals surface area contributed by atoms with Gasteiger partial charge in [-0.15, -0.1) is 0 Å². The Morgan fingerprint density at radius 2 is 2.38 bits per heavy atom. The summed E-state index contributed by atoms with van der Waals surface area (Å²) in [6.45, 7) is 3.90. The Bertz CT molecular complexity index is 384. The highest BCUT2D eigenvalue weighted by Gasteiger charge is 2.16. The molecule has 88 valence electrons. The second kappa shape index (κ2) is 6.21. The molecule has 0 aliphatic heterocycles.